The number of carbonyl (C=O) groups is 4. The number of esters is 1. The molecule has 0 aliphatic carbocycles. The highest BCUT2D eigenvalue weighted by atomic mass is 32.1. The van der Waals surface area contributed by atoms with Crippen molar-refractivity contribution in [2.45, 2.75) is 6.92 Å². The number of carbonyl (C=O) groups excluding carboxylic acids is 4. The van der Waals surface area contributed by atoms with Crippen molar-refractivity contribution in [1.29, 1.82) is 0 Å². The molecule has 0 aliphatic rings. The fourth-order valence-corrected chi connectivity index (χ4v) is 2.63. The fourth-order valence-electron chi connectivity index (χ4n) is 1.85. The third kappa shape index (κ3) is 4.64. The molecule has 0 spiro atoms. The quantitative estimate of drug-likeness (QED) is 0.565. The Morgan fingerprint density at radius 2 is 1.56 bits per heavy atom. The lowest BCUT2D eigenvalue weighted by Crippen LogP contribution is -2.40. The molecule has 9 heteroatoms. The van der Waals surface area contributed by atoms with Crippen LogP contribution < -0.4 is 16.2 Å². The molecule has 0 saturated carbocycles. The van der Waals surface area contributed by atoms with Gasteiger partial charge in [-0.1, -0.05) is 0 Å². The van der Waals surface area contributed by atoms with E-state index < -0.39 is 23.7 Å². The lowest BCUT2D eigenvalue weighted by Gasteiger charge is -2.08. The summed E-state index contributed by atoms with van der Waals surface area (Å²) in [5.74, 6) is -1.90. The van der Waals surface area contributed by atoms with Crippen LogP contribution in [0.2, 0.25) is 0 Å². The van der Waals surface area contributed by atoms with Gasteiger partial charge in [0.1, 0.15) is 5.00 Å². The molecular formula is C16H15N3O5S. The summed E-state index contributed by atoms with van der Waals surface area (Å²) in [5.41, 5.74) is 5.27. The van der Waals surface area contributed by atoms with Gasteiger partial charge >= 0.3 is 5.97 Å². The second-order valence-corrected chi connectivity index (χ2v) is 5.74. The molecule has 0 radical (unpaired) electrons. The van der Waals surface area contributed by atoms with Gasteiger partial charge in [-0.3, -0.25) is 25.2 Å². The van der Waals surface area contributed by atoms with Gasteiger partial charge < -0.3 is 10.1 Å². The molecule has 2 aromatic rings. The SMILES string of the molecule is COC(=O)c1ccc(C(=O)Nc2sccc2C(=O)NNC(C)=O)cc1. The molecule has 2 rings (SSSR count). The molecule has 25 heavy (non-hydrogen) atoms. The van der Waals surface area contributed by atoms with Crippen LogP contribution in [0.25, 0.3) is 0 Å². The largest absolute Gasteiger partial charge is 0.465 e. The molecule has 0 atom stereocenters. The smallest absolute Gasteiger partial charge is 0.337 e. The number of nitrogens with one attached hydrogen (secondary N) is 3. The van der Waals surface area contributed by atoms with E-state index in [4.69, 9.17) is 0 Å². The van der Waals surface area contributed by atoms with Crippen LogP contribution in [0.4, 0.5) is 5.00 Å². The zero-order valence-electron chi connectivity index (χ0n) is 13.4. The minimum Gasteiger partial charge on any atom is -0.465 e. The Labute approximate surface area is 147 Å². The number of hydrazine groups is 1. The summed E-state index contributed by atoms with van der Waals surface area (Å²) < 4.78 is 4.59. The van der Waals surface area contributed by atoms with Crippen LogP contribution in [-0.2, 0) is 9.53 Å². The van der Waals surface area contributed by atoms with E-state index in [2.05, 4.69) is 20.9 Å². The Kier molecular flexibility index (Phi) is 5.85. The van der Waals surface area contributed by atoms with E-state index >= 15 is 0 Å². The predicted molar refractivity (Wildman–Crippen MR) is 91.3 cm³/mol. The van der Waals surface area contributed by atoms with Crippen LogP contribution >= 0.6 is 11.3 Å². The van der Waals surface area contributed by atoms with Crippen molar-refractivity contribution in [2.75, 3.05) is 12.4 Å². The van der Waals surface area contributed by atoms with Crippen LogP contribution in [0.1, 0.15) is 38.0 Å². The van der Waals surface area contributed by atoms with Crippen LogP contribution in [0.15, 0.2) is 35.7 Å². The first-order valence-corrected chi connectivity index (χ1v) is 7.94. The summed E-state index contributed by atoms with van der Waals surface area (Å²) in [6, 6.07) is 7.43. The Balaban J connectivity index is 2.08. The summed E-state index contributed by atoms with van der Waals surface area (Å²) in [4.78, 5) is 46.5. The summed E-state index contributed by atoms with van der Waals surface area (Å²) in [5, 5.41) is 4.60. The number of rotatable bonds is 4. The fraction of sp³-hybridized carbons (Fsp3) is 0.125. The van der Waals surface area contributed by atoms with Gasteiger partial charge in [-0.2, -0.15) is 0 Å². The zero-order chi connectivity index (χ0) is 18.4. The number of ether oxygens (including phenoxy) is 1. The van der Waals surface area contributed by atoms with Crippen molar-refractivity contribution < 1.29 is 23.9 Å². The van der Waals surface area contributed by atoms with Crippen LogP contribution in [0, 0.1) is 0 Å². The third-order valence-electron chi connectivity index (χ3n) is 3.06. The third-order valence-corrected chi connectivity index (χ3v) is 3.89. The van der Waals surface area contributed by atoms with Crippen molar-refractivity contribution in [1.82, 2.24) is 10.9 Å². The summed E-state index contributed by atoms with van der Waals surface area (Å²) in [7, 11) is 1.27. The van der Waals surface area contributed by atoms with Gasteiger partial charge in [0.25, 0.3) is 11.8 Å². The summed E-state index contributed by atoms with van der Waals surface area (Å²) >= 11 is 1.17. The molecule has 1 aromatic carbocycles. The summed E-state index contributed by atoms with van der Waals surface area (Å²) in [6.07, 6.45) is 0. The van der Waals surface area contributed by atoms with E-state index in [1.807, 2.05) is 0 Å². The molecule has 1 aromatic heterocycles. The van der Waals surface area contributed by atoms with Gasteiger partial charge in [0, 0.05) is 12.5 Å². The normalized spacial score (nSPS) is 9.84. The molecule has 3 amide bonds. The van der Waals surface area contributed by atoms with E-state index in [1.165, 1.54) is 55.7 Å². The van der Waals surface area contributed by atoms with Gasteiger partial charge in [0.15, 0.2) is 0 Å². The highest BCUT2D eigenvalue weighted by molar-refractivity contribution is 7.14. The zero-order valence-corrected chi connectivity index (χ0v) is 14.2. The highest BCUT2D eigenvalue weighted by Crippen LogP contribution is 2.23. The average Bonchev–Trinajstić information content (AvgIpc) is 3.07. The van der Waals surface area contributed by atoms with Gasteiger partial charge in [-0.05, 0) is 35.7 Å². The van der Waals surface area contributed by atoms with E-state index in [0.29, 0.717) is 16.1 Å². The number of hydrogen-bond donors (Lipinski definition) is 3. The second kappa shape index (κ2) is 8.06. The minimum atomic E-state index is -0.548. The Hall–Kier alpha value is -3.20. The molecule has 0 fully saturated rings. The van der Waals surface area contributed by atoms with E-state index in [0.717, 1.165) is 0 Å². The van der Waals surface area contributed by atoms with Crippen molar-refractivity contribution in [3.8, 4) is 0 Å². The topological polar surface area (TPSA) is 114 Å². The van der Waals surface area contributed by atoms with Crippen molar-refractivity contribution in [2.24, 2.45) is 0 Å². The molecule has 8 nitrogen and oxygen atoms in total. The van der Waals surface area contributed by atoms with Crippen LogP contribution in [-0.4, -0.2) is 30.8 Å². The average molecular weight is 361 g/mol. The standard InChI is InChI=1S/C16H15N3O5S/c1-9(20)18-19-14(22)12-7-8-25-15(12)17-13(21)10-3-5-11(6-4-10)16(23)24-2/h3-8H,1-2H3,(H,17,21)(H,18,20)(H,19,22). The Morgan fingerprint density at radius 1 is 0.920 bits per heavy atom. The molecule has 0 bridgehead atoms. The first-order valence-electron chi connectivity index (χ1n) is 7.06. The van der Waals surface area contributed by atoms with Crippen molar-refractivity contribution in [3.05, 3.63) is 52.4 Å². The van der Waals surface area contributed by atoms with E-state index in [9.17, 15) is 19.2 Å². The first kappa shape index (κ1) is 18.1. The number of amides is 3. The van der Waals surface area contributed by atoms with Gasteiger partial charge in [0.2, 0.25) is 5.91 Å². The number of thiophene rings is 1. The lowest BCUT2D eigenvalue weighted by molar-refractivity contribution is -0.119. The number of anilines is 1. The van der Waals surface area contributed by atoms with Gasteiger partial charge in [-0.15, -0.1) is 11.3 Å². The summed E-state index contributed by atoms with van der Waals surface area (Å²) in [6.45, 7) is 1.26. The monoisotopic (exact) mass is 361 g/mol. The lowest BCUT2D eigenvalue weighted by atomic mass is 10.1. The maximum Gasteiger partial charge on any atom is 0.337 e. The second-order valence-electron chi connectivity index (χ2n) is 4.82. The molecule has 0 unspecified atom stereocenters. The first-order chi connectivity index (χ1) is 11.9. The molecule has 3 N–H and O–H groups in total. The predicted octanol–water partition coefficient (Wildman–Crippen LogP) is 1.57. The highest BCUT2D eigenvalue weighted by Gasteiger charge is 2.16. The van der Waals surface area contributed by atoms with Crippen molar-refractivity contribution in [3.63, 3.8) is 0 Å². The Bertz CT molecular complexity index is 813. The minimum absolute atomic E-state index is 0.221. The molecular weight excluding hydrogens is 346 g/mol. The van der Waals surface area contributed by atoms with Gasteiger partial charge in [0.05, 0.1) is 18.2 Å². The molecule has 0 saturated heterocycles. The van der Waals surface area contributed by atoms with Crippen molar-refractivity contribution >= 4 is 40.0 Å². The molecule has 130 valence electrons. The Morgan fingerprint density at radius 3 is 2.16 bits per heavy atom. The van der Waals surface area contributed by atoms with Crippen LogP contribution in [0.3, 0.4) is 0 Å². The molecule has 0 aliphatic heterocycles. The number of benzene rings is 1. The number of hydrogen-bond acceptors (Lipinski definition) is 6. The number of methoxy groups -OCH3 is 1. The van der Waals surface area contributed by atoms with Crippen LogP contribution in [0.5, 0.6) is 0 Å². The maximum atomic E-state index is 12.3. The molecule has 1 heterocycles. The van der Waals surface area contributed by atoms with E-state index in [-0.39, 0.29) is 5.56 Å². The van der Waals surface area contributed by atoms with E-state index in [1.54, 1.807) is 5.38 Å². The maximum absolute atomic E-state index is 12.3. The van der Waals surface area contributed by atoms with Gasteiger partial charge in [-0.25, -0.2) is 4.79 Å².